The normalized spacial score (nSPS) is 10.1. The summed E-state index contributed by atoms with van der Waals surface area (Å²) < 4.78 is 0. The number of aromatic nitrogens is 1. The minimum atomic E-state index is -0.312. The van der Waals surface area contributed by atoms with E-state index >= 15 is 0 Å². The van der Waals surface area contributed by atoms with Crippen LogP contribution in [0.5, 0.6) is 0 Å². The van der Waals surface area contributed by atoms with Crippen LogP contribution in [0.1, 0.15) is 43.1 Å². The number of carbonyl (C=O) groups excluding carboxylic acids is 2. The highest BCUT2D eigenvalue weighted by atomic mass is 16.2. The van der Waals surface area contributed by atoms with Crippen molar-refractivity contribution in [2.75, 3.05) is 18.4 Å². The molecule has 6 heteroatoms. The molecular formula is C14H22N4O2. The van der Waals surface area contributed by atoms with Crippen LogP contribution in [0.3, 0.4) is 0 Å². The Balaban J connectivity index is 2.30. The monoisotopic (exact) mass is 278 g/mol. The zero-order chi connectivity index (χ0) is 14.8. The molecule has 0 saturated heterocycles. The summed E-state index contributed by atoms with van der Waals surface area (Å²) in [4.78, 5) is 26.4. The minimum Gasteiger partial charge on any atom is -0.384 e. The zero-order valence-corrected chi connectivity index (χ0v) is 11.8. The second-order valence-corrected chi connectivity index (χ2v) is 4.54. The molecule has 0 aliphatic rings. The second kappa shape index (κ2) is 8.90. The first-order valence-corrected chi connectivity index (χ1v) is 6.90. The van der Waals surface area contributed by atoms with Gasteiger partial charge in [-0.2, -0.15) is 0 Å². The molecule has 0 bridgehead atoms. The van der Waals surface area contributed by atoms with Crippen LogP contribution < -0.4 is 16.4 Å². The van der Waals surface area contributed by atoms with E-state index in [-0.39, 0.29) is 11.8 Å². The molecule has 0 unspecified atom stereocenters. The maximum Gasteiger partial charge on any atom is 0.269 e. The van der Waals surface area contributed by atoms with Gasteiger partial charge in [0, 0.05) is 19.5 Å². The van der Waals surface area contributed by atoms with Crippen LogP contribution in [0.2, 0.25) is 0 Å². The summed E-state index contributed by atoms with van der Waals surface area (Å²) in [7, 11) is 0. The molecule has 0 aliphatic heterocycles. The van der Waals surface area contributed by atoms with E-state index in [0.29, 0.717) is 25.1 Å². The molecule has 0 fully saturated rings. The van der Waals surface area contributed by atoms with Gasteiger partial charge in [-0.25, -0.2) is 4.98 Å². The quantitative estimate of drug-likeness (QED) is 0.593. The highest BCUT2D eigenvalue weighted by molar-refractivity contribution is 5.92. The molecule has 0 aliphatic carbocycles. The van der Waals surface area contributed by atoms with Crippen LogP contribution in [-0.2, 0) is 4.79 Å². The lowest BCUT2D eigenvalue weighted by atomic mass is 10.2. The maximum atomic E-state index is 11.8. The summed E-state index contributed by atoms with van der Waals surface area (Å²) >= 11 is 0. The molecule has 0 saturated carbocycles. The molecule has 0 spiro atoms. The Hall–Kier alpha value is -2.11. The number of nitrogens with zero attached hydrogens (tertiary/aromatic N) is 1. The number of anilines is 1. The fourth-order valence-electron chi connectivity index (χ4n) is 1.62. The van der Waals surface area contributed by atoms with Gasteiger partial charge in [0.05, 0.1) is 11.9 Å². The van der Waals surface area contributed by atoms with Crippen molar-refractivity contribution in [1.29, 1.82) is 0 Å². The largest absolute Gasteiger partial charge is 0.384 e. The van der Waals surface area contributed by atoms with Crippen molar-refractivity contribution in [3.8, 4) is 0 Å². The summed E-state index contributed by atoms with van der Waals surface area (Å²) in [6, 6.07) is 3.53. The lowest BCUT2D eigenvalue weighted by molar-refractivity contribution is -0.118. The Kier molecular flexibility index (Phi) is 7.10. The Morgan fingerprint density at radius 1 is 1.25 bits per heavy atom. The van der Waals surface area contributed by atoms with Crippen molar-refractivity contribution in [3.05, 3.63) is 24.0 Å². The van der Waals surface area contributed by atoms with Crippen LogP contribution in [0.15, 0.2) is 18.3 Å². The Morgan fingerprint density at radius 3 is 2.65 bits per heavy atom. The fraction of sp³-hybridized carbons (Fsp3) is 0.500. The van der Waals surface area contributed by atoms with Crippen molar-refractivity contribution in [1.82, 2.24) is 10.3 Å². The second-order valence-electron chi connectivity index (χ2n) is 4.54. The van der Waals surface area contributed by atoms with Gasteiger partial charge in [-0.05, 0) is 31.4 Å². The van der Waals surface area contributed by atoms with Crippen molar-refractivity contribution in [2.45, 2.75) is 32.6 Å². The third kappa shape index (κ3) is 6.17. The summed E-state index contributed by atoms with van der Waals surface area (Å²) in [6.07, 6.45) is 4.45. The van der Waals surface area contributed by atoms with E-state index in [4.69, 9.17) is 5.73 Å². The molecule has 110 valence electrons. The third-order valence-electron chi connectivity index (χ3n) is 2.71. The lowest BCUT2D eigenvalue weighted by Crippen LogP contribution is -2.25. The first-order valence-electron chi connectivity index (χ1n) is 6.90. The number of amides is 2. The molecule has 0 atom stereocenters. The lowest BCUT2D eigenvalue weighted by Gasteiger charge is -2.06. The predicted molar refractivity (Wildman–Crippen MR) is 78.4 cm³/mol. The number of hydrogen-bond acceptors (Lipinski definition) is 4. The summed E-state index contributed by atoms with van der Waals surface area (Å²) in [6.45, 7) is 3.48. The fourth-order valence-corrected chi connectivity index (χ4v) is 1.62. The van der Waals surface area contributed by atoms with Gasteiger partial charge >= 0.3 is 0 Å². The SMILES string of the molecule is CCCNc1ccc(C(=O)NCCCCC(N)=O)nc1. The first-order chi connectivity index (χ1) is 9.63. The molecule has 0 radical (unpaired) electrons. The van der Waals surface area contributed by atoms with E-state index in [0.717, 1.165) is 25.1 Å². The molecule has 0 aromatic carbocycles. The number of primary amides is 1. The number of unbranched alkanes of at least 4 members (excludes halogenated alkanes) is 1. The van der Waals surface area contributed by atoms with Crippen LogP contribution in [0.25, 0.3) is 0 Å². The highest BCUT2D eigenvalue weighted by Gasteiger charge is 2.06. The smallest absolute Gasteiger partial charge is 0.269 e. The minimum absolute atomic E-state index is 0.203. The van der Waals surface area contributed by atoms with E-state index in [1.165, 1.54) is 0 Å². The van der Waals surface area contributed by atoms with E-state index in [9.17, 15) is 9.59 Å². The molecule has 1 heterocycles. The van der Waals surface area contributed by atoms with Gasteiger partial charge in [-0.3, -0.25) is 9.59 Å². The number of carbonyl (C=O) groups is 2. The van der Waals surface area contributed by atoms with Gasteiger partial charge in [0.2, 0.25) is 5.91 Å². The van der Waals surface area contributed by atoms with E-state index in [1.807, 2.05) is 6.07 Å². The van der Waals surface area contributed by atoms with Gasteiger partial charge in [0.15, 0.2) is 0 Å². The number of nitrogens with one attached hydrogen (secondary N) is 2. The standard InChI is InChI=1S/C14H22N4O2/c1-2-8-16-11-6-7-12(18-10-11)14(20)17-9-4-3-5-13(15)19/h6-7,10,16H,2-5,8-9H2,1H3,(H2,15,19)(H,17,20). The van der Waals surface area contributed by atoms with Crippen LogP contribution >= 0.6 is 0 Å². The molecule has 4 N–H and O–H groups in total. The summed E-state index contributed by atoms with van der Waals surface area (Å²) in [5.41, 5.74) is 6.33. The summed E-state index contributed by atoms with van der Waals surface area (Å²) in [5.74, 6) is -0.515. The number of rotatable bonds is 9. The van der Waals surface area contributed by atoms with E-state index in [1.54, 1.807) is 12.3 Å². The Bertz CT molecular complexity index is 431. The zero-order valence-electron chi connectivity index (χ0n) is 11.8. The van der Waals surface area contributed by atoms with Crippen molar-refractivity contribution in [3.63, 3.8) is 0 Å². The van der Waals surface area contributed by atoms with E-state index in [2.05, 4.69) is 22.5 Å². The molecular weight excluding hydrogens is 256 g/mol. The van der Waals surface area contributed by atoms with Gasteiger partial charge in [0.1, 0.15) is 5.69 Å². The van der Waals surface area contributed by atoms with Crippen LogP contribution in [0, 0.1) is 0 Å². The van der Waals surface area contributed by atoms with Crippen molar-refractivity contribution in [2.24, 2.45) is 5.73 Å². The van der Waals surface area contributed by atoms with E-state index < -0.39 is 0 Å². The van der Waals surface area contributed by atoms with Gasteiger partial charge in [-0.15, -0.1) is 0 Å². The molecule has 1 aromatic heterocycles. The maximum absolute atomic E-state index is 11.8. The van der Waals surface area contributed by atoms with Gasteiger partial charge in [-0.1, -0.05) is 6.92 Å². The first kappa shape index (κ1) is 15.9. The van der Waals surface area contributed by atoms with Crippen LogP contribution in [0.4, 0.5) is 5.69 Å². The van der Waals surface area contributed by atoms with Crippen molar-refractivity contribution >= 4 is 17.5 Å². The molecule has 6 nitrogen and oxygen atoms in total. The number of nitrogens with two attached hydrogens (primary N) is 1. The number of hydrogen-bond donors (Lipinski definition) is 3. The molecule has 2 amide bonds. The van der Waals surface area contributed by atoms with Crippen LogP contribution in [-0.4, -0.2) is 29.9 Å². The highest BCUT2D eigenvalue weighted by Crippen LogP contribution is 2.06. The summed E-state index contributed by atoms with van der Waals surface area (Å²) in [5, 5.41) is 5.95. The number of pyridine rings is 1. The Labute approximate surface area is 119 Å². The third-order valence-corrected chi connectivity index (χ3v) is 2.71. The molecule has 1 rings (SSSR count). The average molecular weight is 278 g/mol. The van der Waals surface area contributed by atoms with Crippen molar-refractivity contribution < 1.29 is 9.59 Å². The van der Waals surface area contributed by atoms with Gasteiger partial charge < -0.3 is 16.4 Å². The topological polar surface area (TPSA) is 97.1 Å². The van der Waals surface area contributed by atoms with Gasteiger partial charge in [0.25, 0.3) is 5.91 Å². The molecule has 1 aromatic rings. The molecule has 20 heavy (non-hydrogen) atoms. The average Bonchev–Trinajstić information content (AvgIpc) is 2.44. The Morgan fingerprint density at radius 2 is 2.05 bits per heavy atom. The predicted octanol–water partition coefficient (Wildman–Crippen LogP) is 1.29.